The Morgan fingerprint density at radius 2 is 2.20 bits per heavy atom. The Bertz CT molecular complexity index is 445. The molecule has 0 spiro atoms. The molecule has 15 heavy (non-hydrogen) atoms. The van der Waals surface area contributed by atoms with Crippen LogP contribution in [-0.4, -0.2) is 19.7 Å². The van der Waals surface area contributed by atoms with Crippen molar-refractivity contribution in [1.82, 2.24) is 19.7 Å². The van der Waals surface area contributed by atoms with Crippen molar-refractivity contribution in [3.8, 4) is 5.82 Å². The molecule has 1 saturated carbocycles. The molecule has 1 aliphatic carbocycles. The van der Waals surface area contributed by atoms with Gasteiger partial charge in [0.05, 0.1) is 0 Å². The summed E-state index contributed by atoms with van der Waals surface area (Å²) in [5.74, 6) is 1.50. The van der Waals surface area contributed by atoms with Gasteiger partial charge in [0.15, 0.2) is 5.82 Å². The van der Waals surface area contributed by atoms with E-state index in [1.165, 1.54) is 19.3 Å². The van der Waals surface area contributed by atoms with Gasteiger partial charge < -0.3 is 0 Å². The van der Waals surface area contributed by atoms with Crippen molar-refractivity contribution >= 4 is 0 Å². The summed E-state index contributed by atoms with van der Waals surface area (Å²) in [6.07, 6.45) is 9.12. The van der Waals surface area contributed by atoms with Gasteiger partial charge in [-0.25, -0.2) is 14.6 Å². The molecule has 3 rings (SSSR count). The minimum Gasteiger partial charge on any atom is -0.241 e. The van der Waals surface area contributed by atoms with Crippen LogP contribution in [0.3, 0.4) is 0 Å². The monoisotopic (exact) mass is 200 g/mol. The highest BCUT2D eigenvalue weighted by atomic mass is 15.3. The van der Waals surface area contributed by atoms with E-state index in [4.69, 9.17) is 0 Å². The topological polar surface area (TPSA) is 43.6 Å². The number of rotatable bonds is 2. The lowest BCUT2D eigenvalue weighted by molar-refractivity contribution is 0.410. The Labute approximate surface area is 88.0 Å². The van der Waals surface area contributed by atoms with E-state index in [2.05, 4.69) is 15.1 Å². The Balaban J connectivity index is 1.95. The van der Waals surface area contributed by atoms with Crippen molar-refractivity contribution in [3.63, 3.8) is 0 Å². The van der Waals surface area contributed by atoms with Crippen LogP contribution in [0.15, 0.2) is 30.9 Å². The fourth-order valence-electron chi connectivity index (χ4n) is 1.82. The summed E-state index contributed by atoms with van der Waals surface area (Å²) in [6.45, 7) is 0. The van der Waals surface area contributed by atoms with E-state index in [-0.39, 0.29) is 0 Å². The van der Waals surface area contributed by atoms with Crippen LogP contribution < -0.4 is 0 Å². The zero-order valence-corrected chi connectivity index (χ0v) is 8.37. The number of nitrogens with zero attached hydrogens (tertiary/aromatic N) is 4. The molecule has 2 aromatic rings. The van der Waals surface area contributed by atoms with Crippen LogP contribution in [-0.2, 0) is 0 Å². The summed E-state index contributed by atoms with van der Waals surface area (Å²) >= 11 is 0. The SMILES string of the molecule is c1cnn(-c2cc(C3CCC3)ncn2)c1. The largest absolute Gasteiger partial charge is 0.241 e. The molecule has 1 fully saturated rings. The van der Waals surface area contributed by atoms with Crippen molar-refractivity contribution in [1.29, 1.82) is 0 Å². The van der Waals surface area contributed by atoms with Gasteiger partial charge in [0.2, 0.25) is 0 Å². The first-order chi connectivity index (χ1) is 7.43. The van der Waals surface area contributed by atoms with E-state index < -0.39 is 0 Å². The van der Waals surface area contributed by atoms with E-state index in [0.29, 0.717) is 5.92 Å². The second kappa shape index (κ2) is 3.46. The maximum atomic E-state index is 4.32. The number of hydrogen-bond acceptors (Lipinski definition) is 3. The quantitative estimate of drug-likeness (QED) is 0.744. The van der Waals surface area contributed by atoms with Crippen LogP contribution in [0.25, 0.3) is 5.82 Å². The van der Waals surface area contributed by atoms with Gasteiger partial charge in [-0.15, -0.1) is 0 Å². The van der Waals surface area contributed by atoms with Crippen molar-refractivity contribution < 1.29 is 0 Å². The molecule has 0 N–H and O–H groups in total. The molecule has 0 aromatic carbocycles. The predicted octanol–water partition coefficient (Wildman–Crippen LogP) is 1.93. The molecule has 0 radical (unpaired) electrons. The van der Waals surface area contributed by atoms with Gasteiger partial charge in [0, 0.05) is 30.1 Å². The van der Waals surface area contributed by atoms with E-state index in [0.717, 1.165) is 11.5 Å². The van der Waals surface area contributed by atoms with Crippen molar-refractivity contribution in [3.05, 3.63) is 36.5 Å². The number of hydrogen-bond donors (Lipinski definition) is 0. The highest BCUT2D eigenvalue weighted by Gasteiger charge is 2.21. The second-order valence-corrected chi connectivity index (χ2v) is 3.88. The van der Waals surface area contributed by atoms with E-state index in [1.807, 2.05) is 18.3 Å². The van der Waals surface area contributed by atoms with Crippen LogP contribution >= 0.6 is 0 Å². The van der Waals surface area contributed by atoms with Gasteiger partial charge in [0.1, 0.15) is 6.33 Å². The van der Waals surface area contributed by atoms with E-state index >= 15 is 0 Å². The van der Waals surface area contributed by atoms with Gasteiger partial charge in [-0.3, -0.25) is 0 Å². The molecule has 4 heteroatoms. The summed E-state index contributed by atoms with van der Waals surface area (Å²) in [4.78, 5) is 8.53. The average molecular weight is 200 g/mol. The molecule has 0 atom stereocenters. The first-order valence-corrected chi connectivity index (χ1v) is 5.25. The molecule has 2 aromatic heterocycles. The van der Waals surface area contributed by atoms with Crippen LogP contribution in [0.1, 0.15) is 30.9 Å². The molecule has 76 valence electrons. The first kappa shape index (κ1) is 8.59. The maximum Gasteiger partial charge on any atom is 0.156 e. The smallest absolute Gasteiger partial charge is 0.156 e. The fraction of sp³-hybridized carbons (Fsp3) is 0.364. The van der Waals surface area contributed by atoms with Gasteiger partial charge >= 0.3 is 0 Å². The molecule has 4 nitrogen and oxygen atoms in total. The van der Waals surface area contributed by atoms with Gasteiger partial charge in [-0.05, 0) is 18.9 Å². The molecular weight excluding hydrogens is 188 g/mol. The van der Waals surface area contributed by atoms with Crippen LogP contribution in [0, 0.1) is 0 Å². The Hall–Kier alpha value is -1.71. The lowest BCUT2D eigenvalue weighted by Gasteiger charge is -2.24. The van der Waals surface area contributed by atoms with Gasteiger partial charge in [-0.1, -0.05) is 6.42 Å². The maximum absolute atomic E-state index is 4.32. The third-order valence-electron chi connectivity index (χ3n) is 2.94. The first-order valence-electron chi connectivity index (χ1n) is 5.25. The highest BCUT2D eigenvalue weighted by Crippen LogP contribution is 2.35. The summed E-state index contributed by atoms with van der Waals surface area (Å²) in [5, 5.41) is 4.16. The lowest BCUT2D eigenvalue weighted by atomic mass is 9.83. The molecular formula is C11H12N4. The third-order valence-corrected chi connectivity index (χ3v) is 2.94. The van der Waals surface area contributed by atoms with Gasteiger partial charge in [-0.2, -0.15) is 5.10 Å². The Morgan fingerprint density at radius 3 is 2.87 bits per heavy atom. The van der Waals surface area contributed by atoms with E-state index in [1.54, 1.807) is 17.2 Å². The second-order valence-electron chi connectivity index (χ2n) is 3.88. The highest BCUT2D eigenvalue weighted by molar-refractivity contribution is 5.25. The Morgan fingerprint density at radius 1 is 1.27 bits per heavy atom. The molecule has 0 aliphatic heterocycles. The molecule has 0 unspecified atom stereocenters. The van der Waals surface area contributed by atoms with E-state index in [9.17, 15) is 0 Å². The summed E-state index contributed by atoms with van der Waals surface area (Å²) in [5.41, 5.74) is 1.15. The van der Waals surface area contributed by atoms with Crippen molar-refractivity contribution in [2.75, 3.05) is 0 Å². The molecule has 0 saturated heterocycles. The van der Waals surface area contributed by atoms with Crippen LogP contribution in [0.5, 0.6) is 0 Å². The fourth-order valence-corrected chi connectivity index (χ4v) is 1.82. The minimum atomic E-state index is 0.641. The molecule has 2 heterocycles. The Kier molecular flexibility index (Phi) is 1.98. The standard InChI is InChI=1S/C11H12N4/c1-3-9(4-1)10-7-11(13-8-12-10)15-6-2-5-14-15/h2,5-9H,1,3-4H2. The van der Waals surface area contributed by atoms with Gasteiger partial charge in [0.25, 0.3) is 0 Å². The summed E-state index contributed by atoms with van der Waals surface area (Å²) in [6, 6.07) is 3.93. The lowest BCUT2D eigenvalue weighted by Crippen LogP contribution is -2.12. The minimum absolute atomic E-state index is 0.641. The predicted molar refractivity (Wildman–Crippen MR) is 55.7 cm³/mol. The average Bonchev–Trinajstić information content (AvgIpc) is 2.68. The van der Waals surface area contributed by atoms with Crippen LogP contribution in [0.4, 0.5) is 0 Å². The summed E-state index contributed by atoms with van der Waals surface area (Å²) < 4.78 is 1.77. The zero-order chi connectivity index (χ0) is 10.1. The molecule has 0 bridgehead atoms. The third kappa shape index (κ3) is 1.52. The van der Waals surface area contributed by atoms with Crippen LogP contribution in [0.2, 0.25) is 0 Å². The number of aromatic nitrogens is 4. The molecule has 0 amide bonds. The summed E-state index contributed by atoms with van der Waals surface area (Å²) in [7, 11) is 0. The molecule has 1 aliphatic rings. The normalized spacial score (nSPS) is 16.3. The van der Waals surface area contributed by atoms with Crippen molar-refractivity contribution in [2.24, 2.45) is 0 Å². The zero-order valence-electron chi connectivity index (χ0n) is 8.37. The van der Waals surface area contributed by atoms with Crippen molar-refractivity contribution in [2.45, 2.75) is 25.2 Å².